The molecule has 138 valence electrons. The van der Waals surface area contributed by atoms with Gasteiger partial charge in [0.1, 0.15) is 4.90 Å². The highest BCUT2D eigenvalue weighted by Crippen LogP contribution is 2.28. The SMILES string of the molecule is O=C(NCc1ccc(Cl)cc1)c1ccc(Cl)c(S(=O)(=O)N2CCCC2)c1. The van der Waals surface area contributed by atoms with Crippen molar-refractivity contribution < 1.29 is 13.2 Å². The van der Waals surface area contributed by atoms with Gasteiger partial charge in [-0.3, -0.25) is 4.79 Å². The number of carbonyl (C=O) groups excluding carboxylic acids is 1. The Labute approximate surface area is 163 Å². The minimum absolute atomic E-state index is 0.0276. The lowest BCUT2D eigenvalue weighted by atomic mass is 10.2. The van der Waals surface area contributed by atoms with E-state index in [2.05, 4.69) is 5.32 Å². The number of hydrogen-bond acceptors (Lipinski definition) is 3. The third kappa shape index (κ3) is 4.20. The van der Waals surface area contributed by atoms with Gasteiger partial charge in [-0.2, -0.15) is 4.31 Å². The summed E-state index contributed by atoms with van der Waals surface area (Å²) >= 11 is 11.9. The van der Waals surface area contributed by atoms with Crippen molar-refractivity contribution >= 4 is 39.1 Å². The van der Waals surface area contributed by atoms with E-state index in [0.29, 0.717) is 24.7 Å². The Bertz CT molecular complexity index is 909. The first-order valence-electron chi connectivity index (χ1n) is 8.20. The summed E-state index contributed by atoms with van der Waals surface area (Å²) < 4.78 is 26.9. The second-order valence-electron chi connectivity index (χ2n) is 6.07. The third-order valence-corrected chi connectivity index (χ3v) is 6.87. The maximum Gasteiger partial charge on any atom is 0.251 e. The number of sulfonamides is 1. The van der Waals surface area contributed by atoms with Crippen LogP contribution in [0, 0.1) is 0 Å². The van der Waals surface area contributed by atoms with Crippen LogP contribution in [0.3, 0.4) is 0 Å². The van der Waals surface area contributed by atoms with E-state index in [0.717, 1.165) is 18.4 Å². The summed E-state index contributed by atoms with van der Waals surface area (Å²) in [6, 6.07) is 11.4. The summed E-state index contributed by atoms with van der Waals surface area (Å²) in [6.07, 6.45) is 1.66. The van der Waals surface area contributed by atoms with Gasteiger partial charge in [-0.15, -0.1) is 0 Å². The van der Waals surface area contributed by atoms with Crippen LogP contribution in [0.25, 0.3) is 0 Å². The molecule has 2 aromatic rings. The van der Waals surface area contributed by atoms with Crippen LogP contribution in [0.4, 0.5) is 0 Å². The molecule has 1 saturated heterocycles. The molecule has 1 fully saturated rings. The largest absolute Gasteiger partial charge is 0.348 e. The van der Waals surface area contributed by atoms with Gasteiger partial charge in [0, 0.05) is 30.2 Å². The second kappa shape index (κ2) is 7.96. The van der Waals surface area contributed by atoms with Gasteiger partial charge in [-0.1, -0.05) is 35.3 Å². The zero-order valence-corrected chi connectivity index (χ0v) is 16.2. The van der Waals surface area contributed by atoms with E-state index < -0.39 is 10.0 Å². The lowest BCUT2D eigenvalue weighted by molar-refractivity contribution is 0.0950. The molecule has 2 aromatic carbocycles. The number of rotatable bonds is 5. The van der Waals surface area contributed by atoms with Crippen LogP contribution in [0.5, 0.6) is 0 Å². The zero-order chi connectivity index (χ0) is 18.7. The maximum atomic E-state index is 12.7. The highest BCUT2D eigenvalue weighted by atomic mass is 35.5. The smallest absolute Gasteiger partial charge is 0.251 e. The van der Waals surface area contributed by atoms with Crippen molar-refractivity contribution in [3.05, 3.63) is 63.6 Å². The summed E-state index contributed by atoms with van der Waals surface area (Å²) in [6.45, 7) is 1.27. The van der Waals surface area contributed by atoms with Crippen LogP contribution >= 0.6 is 23.2 Å². The van der Waals surface area contributed by atoms with Gasteiger partial charge >= 0.3 is 0 Å². The van der Waals surface area contributed by atoms with Gasteiger partial charge in [-0.25, -0.2) is 8.42 Å². The molecule has 0 spiro atoms. The quantitative estimate of drug-likeness (QED) is 0.813. The Balaban J connectivity index is 1.78. The number of amides is 1. The molecule has 26 heavy (non-hydrogen) atoms. The molecule has 1 aliphatic heterocycles. The van der Waals surface area contributed by atoms with Crippen LogP contribution in [0.15, 0.2) is 47.4 Å². The van der Waals surface area contributed by atoms with Gasteiger partial charge < -0.3 is 5.32 Å². The molecule has 1 aliphatic rings. The number of carbonyl (C=O) groups is 1. The molecule has 1 amide bonds. The number of hydrogen-bond donors (Lipinski definition) is 1. The number of halogens is 2. The minimum atomic E-state index is -3.69. The van der Waals surface area contributed by atoms with E-state index in [1.54, 1.807) is 12.1 Å². The van der Waals surface area contributed by atoms with E-state index in [4.69, 9.17) is 23.2 Å². The number of nitrogens with zero attached hydrogens (tertiary/aromatic N) is 1. The molecular weight excluding hydrogens is 395 g/mol. The summed E-state index contributed by atoms with van der Waals surface area (Å²) in [4.78, 5) is 12.4. The summed E-state index contributed by atoms with van der Waals surface area (Å²) in [7, 11) is -3.69. The molecular formula is C18H18Cl2N2O3S. The van der Waals surface area contributed by atoms with Gasteiger partial charge in [-0.05, 0) is 48.7 Å². The molecule has 5 nitrogen and oxygen atoms in total. The van der Waals surface area contributed by atoms with Crippen molar-refractivity contribution in [1.29, 1.82) is 0 Å². The average Bonchev–Trinajstić information content (AvgIpc) is 3.17. The summed E-state index contributed by atoms with van der Waals surface area (Å²) in [5, 5.41) is 3.51. The van der Waals surface area contributed by atoms with Crippen LogP contribution in [-0.4, -0.2) is 31.7 Å². The molecule has 8 heteroatoms. The van der Waals surface area contributed by atoms with Crippen molar-refractivity contribution in [2.75, 3.05) is 13.1 Å². The van der Waals surface area contributed by atoms with Crippen LogP contribution < -0.4 is 5.32 Å². The first-order chi connectivity index (χ1) is 12.4. The first-order valence-corrected chi connectivity index (χ1v) is 10.4. The Morgan fingerprint density at radius 3 is 2.35 bits per heavy atom. The van der Waals surface area contributed by atoms with Crippen LogP contribution in [0.1, 0.15) is 28.8 Å². The highest BCUT2D eigenvalue weighted by Gasteiger charge is 2.29. The molecule has 1 N–H and O–H groups in total. The molecule has 0 radical (unpaired) electrons. The van der Waals surface area contributed by atoms with Crippen LogP contribution in [0.2, 0.25) is 10.0 Å². The molecule has 0 aromatic heterocycles. The molecule has 3 rings (SSSR count). The molecule has 1 heterocycles. The van der Waals surface area contributed by atoms with E-state index in [-0.39, 0.29) is 21.4 Å². The van der Waals surface area contributed by atoms with Gasteiger partial charge in [0.2, 0.25) is 10.0 Å². The first kappa shape index (κ1) is 19.2. The molecule has 0 saturated carbocycles. The molecule has 0 unspecified atom stereocenters. The fourth-order valence-corrected chi connectivity index (χ4v) is 4.94. The number of nitrogens with one attached hydrogen (secondary N) is 1. The molecule has 0 aliphatic carbocycles. The maximum absolute atomic E-state index is 12.7. The van der Waals surface area contributed by atoms with Crippen molar-refractivity contribution in [2.24, 2.45) is 0 Å². The number of benzene rings is 2. The summed E-state index contributed by atoms with van der Waals surface area (Å²) in [5.41, 5.74) is 1.14. The Kier molecular flexibility index (Phi) is 5.87. The van der Waals surface area contributed by atoms with Crippen molar-refractivity contribution in [1.82, 2.24) is 9.62 Å². The Hall–Kier alpha value is -1.60. The second-order valence-corrected chi connectivity index (χ2v) is 8.82. The predicted molar refractivity (Wildman–Crippen MR) is 102 cm³/mol. The van der Waals surface area contributed by atoms with Crippen LogP contribution in [-0.2, 0) is 16.6 Å². The standard InChI is InChI=1S/C18H18Cl2N2O3S/c19-15-6-3-13(4-7-15)12-21-18(23)14-5-8-16(20)17(11-14)26(24,25)22-9-1-2-10-22/h3-8,11H,1-2,9-10,12H2,(H,21,23). The van der Waals surface area contributed by atoms with Gasteiger partial charge in [0.15, 0.2) is 0 Å². The molecule has 0 atom stereocenters. The predicted octanol–water partition coefficient (Wildman–Crippen LogP) is 3.71. The van der Waals surface area contributed by atoms with Crippen molar-refractivity contribution in [3.8, 4) is 0 Å². The van der Waals surface area contributed by atoms with E-state index >= 15 is 0 Å². The summed E-state index contributed by atoms with van der Waals surface area (Å²) in [5.74, 6) is -0.366. The fraction of sp³-hybridized carbons (Fsp3) is 0.278. The van der Waals surface area contributed by atoms with Gasteiger partial charge in [0.05, 0.1) is 5.02 Å². The lowest BCUT2D eigenvalue weighted by Gasteiger charge is -2.17. The monoisotopic (exact) mass is 412 g/mol. The van der Waals surface area contributed by atoms with Crippen molar-refractivity contribution in [3.63, 3.8) is 0 Å². The topological polar surface area (TPSA) is 66.5 Å². The highest BCUT2D eigenvalue weighted by molar-refractivity contribution is 7.89. The average molecular weight is 413 g/mol. The third-order valence-electron chi connectivity index (χ3n) is 4.24. The normalized spacial score (nSPS) is 15.2. The van der Waals surface area contributed by atoms with E-state index in [1.165, 1.54) is 22.5 Å². The zero-order valence-electron chi connectivity index (χ0n) is 13.9. The van der Waals surface area contributed by atoms with E-state index in [9.17, 15) is 13.2 Å². The fourth-order valence-electron chi connectivity index (χ4n) is 2.80. The molecule has 0 bridgehead atoms. The van der Waals surface area contributed by atoms with E-state index in [1.807, 2.05) is 12.1 Å². The minimum Gasteiger partial charge on any atom is -0.348 e. The Morgan fingerprint density at radius 2 is 1.69 bits per heavy atom. The Morgan fingerprint density at radius 1 is 1.04 bits per heavy atom. The van der Waals surface area contributed by atoms with Crippen molar-refractivity contribution in [2.45, 2.75) is 24.3 Å². The lowest BCUT2D eigenvalue weighted by Crippen LogP contribution is -2.29. The van der Waals surface area contributed by atoms with Gasteiger partial charge in [0.25, 0.3) is 5.91 Å².